The molecular formula is C19H28N4O. The minimum Gasteiger partial charge on any atom is -0.330 e. The van der Waals surface area contributed by atoms with Crippen molar-refractivity contribution >= 4 is 11.7 Å². The summed E-state index contributed by atoms with van der Waals surface area (Å²) in [7, 11) is 0. The highest BCUT2D eigenvalue weighted by molar-refractivity contribution is 5.92. The summed E-state index contributed by atoms with van der Waals surface area (Å²) in [4.78, 5) is 12.3. The zero-order valence-corrected chi connectivity index (χ0v) is 15.5. The van der Waals surface area contributed by atoms with Gasteiger partial charge >= 0.3 is 0 Å². The fraction of sp³-hybridized carbons (Fsp3) is 0.474. The highest BCUT2D eigenvalue weighted by Crippen LogP contribution is 2.28. The fourth-order valence-corrected chi connectivity index (χ4v) is 2.42. The number of nitrogens with zero attached hydrogens (tertiary/aromatic N) is 2. The maximum absolute atomic E-state index is 12.3. The fourth-order valence-electron chi connectivity index (χ4n) is 2.42. The molecule has 0 fully saturated rings. The summed E-state index contributed by atoms with van der Waals surface area (Å²) in [5, 5.41) is 7.73. The first-order valence-corrected chi connectivity index (χ1v) is 8.32. The maximum atomic E-state index is 12.3. The van der Waals surface area contributed by atoms with Gasteiger partial charge in [0.05, 0.1) is 11.4 Å². The van der Waals surface area contributed by atoms with Gasteiger partial charge < -0.3 is 11.1 Å². The van der Waals surface area contributed by atoms with Gasteiger partial charge in [-0.15, -0.1) is 0 Å². The average molecular weight is 328 g/mol. The molecular weight excluding hydrogens is 300 g/mol. The molecule has 5 nitrogen and oxygen atoms in total. The highest BCUT2D eigenvalue weighted by atomic mass is 16.2. The Hall–Kier alpha value is -2.14. The molecule has 0 bridgehead atoms. The van der Waals surface area contributed by atoms with E-state index in [0.29, 0.717) is 12.4 Å². The zero-order valence-electron chi connectivity index (χ0n) is 15.5. The van der Waals surface area contributed by atoms with Gasteiger partial charge in [0.25, 0.3) is 0 Å². The van der Waals surface area contributed by atoms with E-state index >= 15 is 0 Å². The summed E-state index contributed by atoms with van der Waals surface area (Å²) in [6.45, 7) is 12.6. The second-order valence-electron chi connectivity index (χ2n) is 7.49. The first-order valence-electron chi connectivity index (χ1n) is 8.32. The van der Waals surface area contributed by atoms with E-state index in [2.05, 4.69) is 52.1 Å². The van der Waals surface area contributed by atoms with Crippen LogP contribution in [0.3, 0.4) is 0 Å². The van der Waals surface area contributed by atoms with E-state index < -0.39 is 0 Å². The molecule has 0 spiro atoms. The van der Waals surface area contributed by atoms with Gasteiger partial charge in [0.15, 0.2) is 0 Å². The van der Waals surface area contributed by atoms with Crippen molar-refractivity contribution in [2.24, 2.45) is 11.7 Å². The highest BCUT2D eigenvalue weighted by Gasteiger charge is 2.23. The van der Waals surface area contributed by atoms with Crippen LogP contribution in [-0.4, -0.2) is 22.2 Å². The summed E-state index contributed by atoms with van der Waals surface area (Å²) < 4.78 is 1.82. The molecule has 24 heavy (non-hydrogen) atoms. The number of hydrogen-bond acceptors (Lipinski definition) is 3. The number of carbonyl (C=O) groups is 1. The summed E-state index contributed by atoms with van der Waals surface area (Å²) in [5.74, 6) is 0.339. The minimum atomic E-state index is -0.245. The SMILES string of the molecule is Cc1ccc(-n2nc(C(C)(C)C)cc2NC(=O)C(C)CN)c(C)c1. The van der Waals surface area contributed by atoms with E-state index in [9.17, 15) is 4.79 Å². The van der Waals surface area contributed by atoms with Crippen LogP contribution < -0.4 is 11.1 Å². The molecule has 3 N–H and O–H groups in total. The van der Waals surface area contributed by atoms with Crippen molar-refractivity contribution in [1.82, 2.24) is 9.78 Å². The topological polar surface area (TPSA) is 72.9 Å². The largest absolute Gasteiger partial charge is 0.330 e. The summed E-state index contributed by atoms with van der Waals surface area (Å²) in [6.07, 6.45) is 0. The second-order valence-corrected chi connectivity index (χ2v) is 7.49. The first-order chi connectivity index (χ1) is 11.1. The molecule has 0 radical (unpaired) electrons. The van der Waals surface area contributed by atoms with Gasteiger partial charge in [-0.1, -0.05) is 45.4 Å². The van der Waals surface area contributed by atoms with E-state index in [1.54, 1.807) is 0 Å². The molecule has 1 atom stereocenters. The Kier molecular flexibility index (Phi) is 5.13. The number of nitrogens with one attached hydrogen (secondary N) is 1. The van der Waals surface area contributed by atoms with Crippen molar-refractivity contribution in [1.29, 1.82) is 0 Å². The first kappa shape index (κ1) is 18.2. The van der Waals surface area contributed by atoms with Crippen LogP contribution in [0.2, 0.25) is 0 Å². The summed E-state index contributed by atoms with van der Waals surface area (Å²) in [5.41, 5.74) is 9.70. The summed E-state index contributed by atoms with van der Waals surface area (Å²) in [6, 6.07) is 8.14. The zero-order chi connectivity index (χ0) is 18.1. The van der Waals surface area contributed by atoms with Crippen molar-refractivity contribution in [2.45, 2.75) is 47.0 Å². The number of aromatic nitrogens is 2. The van der Waals surface area contributed by atoms with E-state index in [4.69, 9.17) is 10.8 Å². The van der Waals surface area contributed by atoms with E-state index in [1.807, 2.05) is 23.7 Å². The minimum absolute atomic E-state index is 0.0936. The lowest BCUT2D eigenvalue weighted by molar-refractivity contribution is -0.119. The normalized spacial score (nSPS) is 13.0. The molecule has 1 amide bonds. The number of carbonyl (C=O) groups excluding carboxylic acids is 1. The third-order valence-electron chi connectivity index (χ3n) is 4.11. The molecule has 0 aliphatic carbocycles. The molecule has 1 aromatic carbocycles. The van der Waals surface area contributed by atoms with Crippen LogP contribution in [0.15, 0.2) is 24.3 Å². The van der Waals surface area contributed by atoms with Crippen LogP contribution in [0.1, 0.15) is 44.5 Å². The molecule has 0 aliphatic rings. The second kappa shape index (κ2) is 6.77. The lowest BCUT2D eigenvalue weighted by Crippen LogP contribution is -2.27. The van der Waals surface area contributed by atoms with Crippen LogP contribution in [0, 0.1) is 19.8 Å². The number of amides is 1. The predicted molar refractivity (Wildman–Crippen MR) is 98.6 cm³/mol. The predicted octanol–water partition coefficient (Wildman–Crippen LogP) is 3.32. The molecule has 130 valence electrons. The van der Waals surface area contributed by atoms with Gasteiger partial charge in [-0.05, 0) is 25.5 Å². The van der Waals surface area contributed by atoms with E-state index in [1.165, 1.54) is 5.56 Å². The summed E-state index contributed by atoms with van der Waals surface area (Å²) >= 11 is 0. The number of hydrogen-bond donors (Lipinski definition) is 2. The van der Waals surface area contributed by atoms with Crippen molar-refractivity contribution in [3.05, 3.63) is 41.1 Å². The smallest absolute Gasteiger partial charge is 0.229 e. The lowest BCUT2D eigenvalue weighted by atomic mass is 9.92. The van der Waals surface area contributed by atoms with Gasteiger partial charge in [0.2, 0.25) is 5.91 Å². The number of anilines is 1. The van der Waals surface area contributed by atoms with Crippen molar-refractivity contribution in [3.63, 3.8) is 0 Å². The quantitative estimate of drug-likeness (QED) is 0.904. The number of aryl methyl sites for hydroxylation is 2. The molecule has 0 aliphatic heterocycles. The maximum Gasteiger partial charge on any atom is 0.229 e. The van der Waals surface area contributed by atoms with Crippen molar-refractivity contribution < 1.29 is 4.79 Å². The monoisotopic (exact) mass is 328 g/mol. The van der Waals surface area contributed by atoms with Gasteiger partial charge in [-0.3, -0.25) is 4.79 Å². The standard InChI is InChI=1S/C19H28N4O/c1-12-7-8-15(13(2)9-12)23-17(21-18(24)14(3)11-20)10-16(22-23)19(4,5)6/h7-10,14H,11,20H2,1-6H3,(H,21,24). The Morgan fingerprint density at radius 1 is 1.29 bits per heavy atom. The molecule has 5 heteroatoms. The molecule has 0 saturated carbocycles. The lowest BCUT2D eigenvalue weighted by Gasteiger charge is -2.14. The average Bonchev–Trinajstić information content (AvgIpc) is 2.90. The van der Waals surface area contributed by atoms with Crippen LogP contribution in [0.4, 0.5) is 5.82 Å². The van der Waals surface area contributed by atoms with Crippen molar-refractivity contribution in [2.75, 3.05) is 11.9 Å². The third-order valence-corrected chi connectivity index (χ3v) is 4.11. The Morgan fingerprint density at radius 2 is 1.96 bits per heavy atom. The van der Waals surface area contributed by atoms with Crippen molar-refractivity contribution in [3.8, 4) is 5.69 Å². The Balaban J connectivity index is 2.52. The van der Waals surface area contributed by atoms with E-state index in [0.717, 1.165) is 16.9 Å². The van der Waals surface area contributed by atoms with Gasteiger partial charge in [0.1, 0.15) is 5.82 Å². The van der Waals surface area contributed by atoms with E-state index in [-0.39, 0.29) is 17.2 Å². The number of benzene rings is 1. The number of rotatable bonds is 4. The van der Waals surface area contributed by atoms with Crippen LogP contribution in [0.25, 0.3) is 5.69 Å². The van der Waals surface area contributed by atoms with Gasteiger partial charge in [0, 0.05) is 23.9 Å². The van der Waals surface area contributed by atoms with Crippen LogP contribution >= 0.6 is 0 Å². The number of nitrogens with two attached hydrogens (primary N) is 1. The van der Waals surface area contributed by atoms with Crippen LogP contribution in [0.5, 0.6) is 0 Å². The van der Waals surface area contributed by atoms with Gasteiger partial charge in [-0.2, -0.15) is 5.10 Å². The Morgan fingerprint density at radius 3 is 2.50 bits per heavy atom. The van der Waals surface area contributed by atoms with Crippen LogP contribution in [-0.2, 0) is 10.2 Å². The molecule has 1 aromatic heterocycles. The molecule has 2 rings (SSSR count). The third kappa shape index (κ3) is 3.85. The molecule has 1 heterocycles. The molecule has 0 saturated heterocycles. The Bertz CT molecular complexity index is 740. The Labute approximate surface area is 144 Å². The van der Waals surface area contributed by atoms with Gasteiger partial charge in [-0.25, -0.2) is 4.68 Å². The molecule has 2 aromatic rings. The molecule has 1 unspecified atom stereocenters.